The standard InChI is InChI=1S/C12H24N2O2/c1-5-6-7-8-13-9-10-14-11(15)16-12(2,3)4/h5-6,13H,7-10H2,1-4H3,(H,14,15)/b6-5+. The molecule has 0 spiro atoms. The quantitative estimate of drug-likeness (QED) is 0.540. The van der Waals surface area contributed by atoms with Gasteiger partial charge in [-0.1, -0.05) is 12.2 Å². The maximum Gasteiger partial charge on any atom is 0.407 e. The summed E-state index contributed by atoms with van der Waals surface area (Å²) in [5, 5.41) is 5.91. The van der Waals surface area contributed by atoms with Gasteiger partial charge in [0.15, 0.2) is 0 Å². The Kier molecular flexibility index (Phi) is 7.64. The Hall–Kier alpha value is -1.03. The van der Waals surface area contributed by atoms with E-state index in [9.17, 15) is 4.79 Å². The topological polar surface area (TPSA) is 50.4 Å². The van der Waals surface area contributed by atoms with Gasteiger partial charge in [-0.2, -0.15) is 0 Å². The summed E-state index contributed by atoms with van der Waals surface area (Å²) >= 11 is 0. The minimum atomic E-state index is -0.427. The maximum absolute atomic E-state index is 11.2. The zero-order valence-corrected chi connectivity index (χ0v) is 10.8. The fraction of sp³-hybridized carbons (Fsp3) is 0.750. The van der Waals surface area contributed by atoms with Crippen molar-refractivity contribution in [3.8, 4) is 0 Å². The summed E-state index contributed by atoms with van der Waals surface area (Å²) in [4.78, 5) is 11.2. The van der Waals surface area contributed by atoms with Crippen LogP contribution in [-0.4, -0.2) is 31.3 Å². The van der Waals surface area contributed by atoms with Crippen LogP contribution in [0.3, 0.4) is 0 Å². The van der Waals surface area contributed by atoms with Gasteiger partial charge in [0, 0.05) is 13.1 Å². The lowest BCUT2D eigenvalue weighted by atomic mass is 10.2. The van der Waals surface area contributed by atoms with Crippen molar-refractivity contribution in [2.24, 2.45) is 0 Å². The molecule has 0 aromatic rings. The normalized spacial score (nSPS) is 11.8. The van der Waals surface area contributed by atoms with Crippen LogP contribution in [0.5, 0.6) is 0 Å². The number of rotatable bonds is 6. The molecule has 0 radical (unpaired) electrons. The minimum absolute atomic E-state index is 0.359. The van der Waals surface area contributed by atoms with E-state index in [0.717, 1.165) is 19.5 Å². The second-order valence-electron chi connectivity index (χ2n) is 4.54. The number of ether oxygens (including phenoxy) is 1. The molecule has 0 fully saturated rings. The predicted octanol–water partition coefficient (Wildman–Crippen LogP) is 2.07. The summed E-state index contributed by atoms with van der Waals surface area (Å²) in [6.07, 6.45) is 4.79. The molecule has 1 amide bonds. The summed E-state index contributed by atoms with van der Waals surface area (Å²) in [7, 11) is 0. The first-order chi connectivity index (χ1) is 7.45. The molecule has 0 aromatic carbocycles. The Morgan fingerprint density at radius 2 is 1.94 bits per heavy atom. The van der Waals surface area contributed by atoms with E-state index in [-0.39, 0.29) is 6.09 Å². The number of allylic oxidation sites excluding steroid dienone is 1. The Morgan fingerprint density at radius 1 is 1.25 bits per heavy atom. The van der Waals surface area contributed by atoms with E-state index in [0.29, 0.717) is 6.54 Å². The average Bonchev–Trinajstić information content (AvgIpc) is 2.13. The van der Waals surface area contributed by atoms with Crippen LogP contribution in [0.2, 0.25) is 0 Å². The first-order valence-corrected chi connectivity index (χ1v) is 5.74. The molecule has 0 aliphatic rings. The van der Waals surface area contributed by atoms with Gasteiger partial charge in [-0.3, -0.25) is 0 Å². The molecule has 0 aliphatic carbocycles. The van der Waals surface area contributed by atoms with Crippen LogP contribution < -0.4 is 10.6 Å². The fourth-order valence-corrected chi connectivity index (χ4v) is 1.04. The molecule has 0 saturated carbocycles. The van der Waals surface area contributed by atoms with Gasteiger partial charge < -0.3 is 15.4 Å². The van der Waals surface area contributed by atoms with E-state index in [1.165, 1.54) is 0 Å². The van der Waals surface area contributed by atoms with E-state index in [1.807, 2.05) is 33.8 Å². The van der Waals surface area contributed by atoms with Crippen LogP contribution in [0.25, 0.3) is 0 Å². The molecule has 0 heterocycles. The van der Waals surface area contributed by atoms with Crippen LogP contribution in [0.1, 0.15) is 34.1 Å². The smallest absolute Gasteiger partial charge is 0.407 e. The third-order valence-electron chi connectivity index (χ3n) is 1.69. The lowest BCUT2D eigenvalue weighted by molar-refractivity contribution is 0.0528. The molecule has 0 atom stereocenters. The molecular formula is C12H24N2O2. The van der Waals surface area contributed by atoms with Gasteiger partial charge >= 0.3 is 6.09 Å². The van der Waals surface area contributed by atoms with Crippen LogP contribution in [0.4, 0.5) is 4.79 Å². The highest BCUT2D eigenvalue weighted by Gasteiger charge is 2.15. The van der Waals surface area contributed by atoms with Crippen molar-refractivity contribution < 1.29 is 9.53 Å². The number of nitrogens with one attached hydrogen (secondary N) is 2. The zero-order chi connectivity index (χ0) is 12.4. The third kappa shape index (κ3) is 11.0. The number of carbonyl (C=O) groups is 1. The Balaban J connectivity index is 3.35. The van der Waals surface area contributed by atoms with E-state index in [4.69, 9.17) is 4.74 Å². The highest BCUT2D eigenvalue weighted by molar-refractivity contribution is 5.67. The molecule has 0 bridgehead atoms. The number of carbonyl (C=O) groups excluding carboxylic acids is 1. The molecule has 4 nitrogen and oxygen atoms in total. The Morgan fingerprint density at radius 3 is 2.50 bits per heavy atom. The second-order valence-corrected chi connectivity index (χ2v) is 4.54. The molecular weight excluding hydrogens is 204 g/mol. The van der Waals surface area contributed by atoms with Gasteiger partial charge in [0.1, 0.15) is 5.60 Å². The average molecular weight is 228 g/mol. The third-order valence-corrected chi connectivity index (χ3v) is 1.69. The Bertz CT molecular complexity index is 220. The van der Waals surface area contributed by atoms with Gasteiger partial charge in [-0.15, -0.1) is 0 Å². The predicted molar refractivity (Wildman–Crippen MR) is 66.5 cm³/mol. The molecule has 4 heteroatoms. The van der Waals surface area contributed by atoms with Gasteiger partial charge in [0.25, 0.3) is 0 Å². The van der Waals surface area contributed by atoms with Crippen molar-refractivity contribution in [1.82, 2.24) is 10.6 Å². The number of amides is 1. The van der Waals surface area contributed by atoms with Crippen LogP contribution >= 0.6 is 0 Å². The summed E-state index contributed by atoms with van der Waals surface area (Å²) in [6.45, 7) is 9.83. The summed E-state index contributed by atoms with van der Waals surface area (Å²) in [5.41, 5.74) is -0.427. The maximum atomic E-state index is 11.2. The molecule has 0 unspecified atom stereocenters. The van der Waals surface area contributed by atoms with Crippen LogP contribution in [0, 0.1) is 0 Å². The number of hydrogen-bond donors (Lipinski definition) is 2. The van der Waals surface area contributed by atoms with Gasteiger partial charge in [0.2, 0.25) is 0 Å². The van der Waals surface area contributed by atoms with E-state index >= 15 is 0 Å². The van der Waals surface area contributed by atoms with Crippen molar-refractivity contribution in [3.63, 3.8) is 0 Å². The highest BCUT2D eigenvalue weighted by atomic mass is 16.6. The molecule has 0 aromatic heterocycles. The van der Waals surface area contributed by atoms with Crippen molar-refractivity contribution in [1.29, 1.82) is 0 Å². The first kappa shape index (κ1) is 15.0. The minimum Gasteiger partial charge on any atom is -0.444 e. The van der Waals surface area contributed by atoms with Gasteiger partial charge in [0.05, 0.1) is 0 Å². The van der Waals surface area contributed by atoms with Crippen molar-refractivity contribution in [3.05, 3.63) is 12.2 Å². The van der Waals surface area contributed by atoms with Crippen molar-refractivity contribution >= 4 is 6.09 Å². The monoisotopic (exact) mass is 228 g/mol. The number of alkyl carbamates (subject to hydrolysis) is 1. The largest absolute Gasteiger partial charge is 0.444 e. The molecule has 0 saturated heterocycles. The second kappa shape index (κ2) is 8.16. The summed E-state index contributed by atoms with van der Waals surface area (Å²) < 4.78 is 5.09. The molecule has 0 aliphatic heterocycles. The van der Waals surface area contributed by atoms with Crippen LogP contribution in [-0.2, 0) is 4.74 Å². The summed E-state index contributed by atoms with van der Waals surface area (Å²) in [5.74, 6) is 0. The summed E-state index contributed by atoms with van der Waals surface area (Å²) in [6, 6.07) is 0. The first-order valence-electron chi connectivity index (χ1n) is 5.74. The molecule has 94 valence electrons. The Labute approximate surface area is 98.4 Å². The zero-order valence-electron chi connectivity index (χ0n) is 10.8. The van der Waals surface area contributed by atoms with E-state index in [1.54, 1.807) is 0 Å². The SMILES string of the molecule is C/C=C/CCNCCNC(=O)OC(C)(C)C. The lowest BCUT2D eigenvalue weighted by Gasteiger charge is -2.19. The van der Waals surface area contributed by atoms with Gasteiger partial charge in [-0.25, -0.2) is 4.79 Å². The van der Waals surface area contributed by atoms with Crippen molar-refractivity contribution in [2.75, 3.05) is 19.6 Å². The van der Waals surface area contributed by atoms with E-state index in [2.05, 4.69) is 16.7 Å². The molecule has 16 heavy (non-hydrogen) atoms. The fourth-order valence-electron chi connectivity index (χ4n) is 1.04. The van der Waals surface area contributed by atoms with Crippen LogP contribution in [0.15, 0.2) is 12.2 Å². The number of hydrogen-bond acceptors (Lipinski definition) is 3. The van der Waals surface area contributed by atoms with Crippen molar-refractivity contribution in [2.45, 2.75) is 39.7 Å². The lowest BCUT2D eigenvalue weighted by Crippen LogP contribution is -2.36. The molecule has 0 rings (SSSR count). The van der Waals surface area contributed by atoms with Gasteiger partial charge in [-0.05, 0) is 40.7 Å². The van der Waals surface area contributed by atoms with E-state index < -0.39 is 5.60 Å². The molecule has 2 N–H and O–H groups in total. The highest BCUT2D eigenvalue weighted by Crippen LogP contribution is 2.05.